The highest BCUT2D eigenvalue weighted by atomic mass is 79.9. The van der Waals surface area contributed by atoms with Gasteiger partial charge in [0.15, 0.2) is 0 Å². The van der Waals surface area contributed by atoms with Crippen molar-refractivity contribution in [2.24, 2.45) is 0 Å². The molecule has 4 aromatic rings. The minimum absolute atomic E-state index is 0.129. The van der Waals surface area contributed by atoms with Gasteiger partial charge in [-0.15, -0.1) is 0 Å². The molecule has 3 aromatic carbocycles. The lowest BCUT2D eigenvalue weighted by Gasteiger charge is -2.23. The molecule has 0 amide bonds. The summed E-state index contributed by atoms with van der Waals surface area (Å²) < 4.78 is 39.3. The molecule has 2 N–H and O–H groups in total. The predicted octanol–water partition coefficient (Wildman–Crippen LogP) is 5.88. The zero-order chi connectivity index (χ0) is 22.2. The Bertz CT molecular complexity index is 1320. The van der Waals surface area contributed by atoms with Crippen molar-refractivity contribution in [2.75, 3.05) is 12.4 Å². The quantitative estimate of drug-likeness (QED) is 0.337. The number of rotatable bonds is 5. The molecule has 32 heavy (non-hydrogen) atoms. The zero-order valence-corrected chi connectivity index (χ0v) is 18.6. The largest absolute Gasteiger partial charge is 0.497 e. The van der Waals surface area contributed by atoms with E-state index in [4.69, 9.17) is 9.47 Å². The summed E-state index contributed by atoms with van der Waals surface area (Å²) in [6.07, 6.45) is 2.01. The van der Waals surface area contributed by atoms with Crippen molar-refractivity contribution in [3.8, 4) is 11.5 Å². The van der Waals surface area contributed by atoms with E-state index < -0.39 is 12.7 Å². The number of ether oxygens (including phenoxy) is 2. The molecule has 162 valence electrons. The normalized spacial score (nSPS) is 15.3. The number of nitrogens with one attached hydrogen (secondary N) is 2. The van der Waals surface area contributed by atoms with Crippen molar-refractivity contribution >= 4 is 38.6 Å². The number of H-pyrrole nitrogens is 1. The van der Waals surface area contributed by atoms with Gasteiger partial charge in [0.2, 0.25) is 0 Å². The van der Waals surface area contributed by atoms with Gasteiger partial charge < -0.3 is 9.47 Å². The Balaban J connectivity index is 1.71. The van der Waals surface area contributed by atoms with Crippen LogP contribution in [-0.4, -0.2) is 18.7 Å². The number of alkyl halides is 2. The summed E-state index contributed by atoms with van der Waals surface area (Å²) in [4.78, 5) is 3.40. The van der Waals surface area contributed by atoms with Gasteiger partial charge in [0.05, 0.1) is 7.11 Å². The van der Waals surface area contributed by atoms with Gasteiger partial charge in [-0.1, -0.05) is 28.1 Å². The molecule has 8 heteroatoms. The first kappa shape index (κ1) is 20.5. The first-order chi connectivity index (χ1) is 15.5. The Hall–Kier alpha value is -3.39. The van der Waals surface area contributed by atoms with Crippen LogP contribution in [0.15, 0.2) is 77.3 Å². The van der Waals surface area contributed by atoms with E-state index in [0.29, 0.717) is 5.56 Å². The van der Waals surface area contributed by atoms with Crippen LogP contribution in [0, 0.1) is 0 Å². The first-order valence-electron chi connectivity index (χ1n) is 9.93. The summed E-state index contributed by atoms with van der Waals surface area (Å²) in [6, 6.07) is 20.2. The van der Waals surface area contributed by atoms with Crippen molar-refractivity contribution < 1.29 is 22.8 Å². The van der Waals surface area contributed by atoms with Gasteiger partial charge in [0, 0.05) is 15.6 Å². The van der Waals surface area contributed by atoms with Gasteiger partial charge in [0.25, 0.3) is 0 Å². The fraction of sp³-hybridized carbons (Fsp3) is 0.125. The van der Waals surface area contributed by atoms with Crippen LogP contribution >= 0.6 is 15.9 Å². The number of aromatic nitrogens is 2. The standard InChI is InChI=1S/C24H18BrF2N3O2/c1-31-16-9-6-14(7-10-16)19-13-21(17-12-15(25)8-11-22(17)32-23(26)27)30-20-5-3-2-4-18(20)28-24(30)29-19/h2-13,21,23H,1H3,(H,28,29)/p+1. The van der Waals surface area contributed by atoms with Crippen molar-refractivity contribution in [1.82, 2.24) is 4.98 Å². The minimum Gasteiger partial charge on any atom is -0.497 e. The molecule has 5 nitrogen and oxygen atoms in total. The number of fused-ring (bicyclic) bond motifs is 3. The Morgan fingerprint density at radius 2 is 1.81 bits per heavy atom. The molecule has 0 saturated heterocycles. The van der Waals surface area contributed by atoms with Crippen LogP contribution in [0.25, 0.3) is 16.7 Å². The Morgan fingerprint density at radius 3 is 2.56 bits per heavy atom. The lowest BCUT2D eigenvalue weighted by molar-refractivity contribution is -0.664. The number of hydrogen-bond donors (Lipinski definition) is 2. The van der Waals surface area contributed by atoms with E-state index in [9.17, 15) is 8.78 Å². The van der Waals surface area contributed by atoms with Gasteiger partial charge in [-0.2, -0.15) is 8.78 Å². The van der Waals surface area contributed by atoms with Crippen LogP contribution in [0.1, 0.15) is 17.2 Å². The molecule has 0 spiro atoms. The number of imidazole rings is 1. The molecule has 1 unspecified atom stereocenters. The average molecular weight is 499 g/mol. The second-order valence-electron chi connectivity index (χ2n) is 7.30. The fourth-order valence-corrected chi connectivity index (χ4v) is 4.38. The monoisotopic (exact) mass is 498 g/mol. The molecular formula is C24H19BrF2N3O2+. The third kappa shape index (κ3) is 3.71. The second-order valence-corrected chi connectivity index (χ2v) is 8.22. The fourth-order valence-electron chi connectivity index (χ4n) is 4.00. The van der Waals surface area contributed by atoms with Crippen molar-refractivity contribution in [1.29, 1.82) is 0 Å². The van der Waals surface area contributed by atoms with Crippen LogP contribution in [0.3, 0.4) is 0 Å². The molecule has 1 atom stereocenters. The number of aromatic amines is 1. The van der Waals surface area contributed by atoms with Crippen LogP contribution in [-0.2, 0) is 0 Å². The van der Waals surface area contributed by atoms with Crippen LogP contribution in [0.4, 0.5) is 14.7 Å². The Kier molecular flexibility index (Phi) is 5.30. The zero-order valence-electron chi connectivity index (χ0n) is 17.0. The summed E-state index contributed by atoms with van der Waals surface area (Å²) in [5, 5.41) is 3.44. The molecule has 0 saturated carbocycles. The number of hydrogen-bond acceptors (Lipinski definition) is 3. The molecule has 1 aliphatic heterocycles. The van der Waals surface area contributed by atoms with Gasteiger partial charge in [-0.05, 0) is 60.7 Å². The molecule has 0 fully saturated rings. The maximum atomic E-state index is 13.2. The molecule has 0 aliphatic carbocycles. The Morgan fingerprint density at radius 1 is 1.03 bits per heavy atom. The van der Waals surface area contributed by atoms with E-state index >= 15 is 0 Å². The highest BCUT2D eigenvalue weighted by Gasteiger charge is 2.33. The third-order valence-corrected chi connectivity index (χ3v) is 5.91. The van der Waals surface area contributed by atoms with E-state index in [0.717, 1.165) is 38.5 Å². The third-order valence-electron chi connectivity index (χ3n) is 5.42. The maximum absolute atomic E-state index is 13.2. The SMILES string of the molecule is COc1ccc(C2=CC(c3cc(Br)ccc3OC(F)F)[n+]3c([nH]c4ccccc43)N2)cc1. The van der Waals surface area contributed by atoms with Crippen LogP contribution in [0.5, 0.6) is 11.5 Å². The number of anilines is 1. The van der Waals surface area contributed by atoms with E-state index in [2.05, 4.69) is 26.2 Å². The predicted molar refractivity (Wildman–Crippen MR) is 122 cm³/mol. The summed E-state index contributed by atoms with van der Waals surface area (Å²) in [5.41, 5.74) is 4.26. The van der Waals surface area contributed by atoms with E-state index in [1.165, 1.54) is 0 Å². The molecule has 5 rings (SSSR count). The lowest BCUT2D eigenvalue weighted by atomic mass is 10.00. The molecular weight excluding hydrogens is 480 g/mol. The van der Waals surface area contributed by atoms with Crippen LogP contribution in [0.2, 0.25) is 0 Å². The second kappa shape index (κ2) is 8.27. The molecule has 2 heterocycles. The number of methoxy groups -OCH3 is 1. The topological polar surface area (TPSA) is 50.2 Å². The van der Waals surface area contributed by atoms with E-state index in [-0.39, 0.29) is 5.75 Å². The summed E-state index contributed by atoms with van der Waals surface area (Å²) in [6.45, 7) is -2.92. The number of nitrogens with zero attached hydrogens (tertiary/aromatic N) is 1. The van der Waals surface area contributed by atoms with Gasteiger partial charge >= 0.3 is 12.6 Å². The summed E-state index contributed by atoms with van der Waals surface area (Å²) in [7, 11) is 1.62. The first-order valence-corrected chi connectivity index (χ1v) is 10.7. The molecule has 0 bridgehead atoms. The van der Waals surface area contributed by atoms with Gasteiger partial charge in [-0.3, -0.25) is 0 Å². The lowest BCUT2D eigenvalue weighted by Crippen LogP contribution is -2.44. The highest BCUT2D eigenvalue weighted by Crippen LogP contribution is 2.36. The van der Waals surface area contributed by atoms with Crippen molar-refractivity contribution in [3.63, 3.8) is 0 Å². The molecule has 0 radical (unpaired) electrons. The van der Waals surface area contributed by atoms with Crippen LogP contribution < -0.4 is 19.4 Å². The minimum atomic E-state index is -2.92. The average Bonchev–Trinajstić information content (AvgIpc) is 3.18. The number of halogens is 3. The number of para-hydroxylation sites is 2. The van der Waals surface area contributed by atoms with Gasteiger partial charge in [0.1, 0.15) is 34.3 Å². The van der Waals surface area contributed by atoms with Crippen molar-refractivity contribution in [2.45, 2.75) is 12.7 Å². The number of benzene rings is 3. The molecule has 1 aliphatic rings. The summed E-state index contributed by atoms with van der Waals surface area (Å²) >= 11 is 3.48. The van der Waals surface area contributed by atoms with E-state index in [1.807, 2.05) is 65.2 Å². The molecule has 1 aromatic heterocycles. The maximum Gasteiger partial charge on any atom is 0.387 e. The Labute approximate surface area is 191 Å². The smallest absolute Gasteiger partial charge is 0.387 e. The van der Waals surface area contributed by atoms with Crippen molar-refractivity contribution in [3.05, 3.63) is 88.4 Å². The van der Waals surface area contributed by atoms with Gasteiger partial charge in [-0.25, -0.2) is 14.9 Å². The van der Waals surface area contributed by atoms with E-state index in [1.54, 1.807) is 19.2 Å². The summed E-state index contributed by atoms with van der Waals surface area (Å²) in [5.74, 6) is 1.62. The highest BCUT2D eigenvalue weighted by molar-refractivity contribution is 9.10. The number of allylic oxidation sites excluding steroid dienone is 1.